The van der Waals surface area contributed by atoms with Gasteiger partial charge in [0, 0.05) is 13.0 Å². The number of rotatable bonds is 2. The number of carbonyl (C=O) groups is 2. The summed E-state index contributed by atoms with van der Waals surface area (Å²) in [6.07, 6.45) is 1.21. The highest BCUT2D eigenvalue weighted by Crippen LogP contribution is 2.33. The number of aliphatic carboxylic acids is 1. The summed E-state index contributed by atoms with van der Waals surface area (Å²) in [5.74, 6) is -0.378. The zero-order chi connectivity index (χ0) is 15.1. The van der Waals surface area contributed by atoms with Crippen LogP contribution in [0.15, 0.2) is 12.1 Å². The van der Waals surface area contributed by atoms with Gasteiger partial charge in [0.05, 0.1) is 0 Å². The molecule has 0 saturated carbocycles. The van der Waals surface area contributed by atoms with Crippen molar-refractivity contribution in [1.82, 2.24) is 4.90 Å². The van der Waals surface area contributed by atoms with Crippen molar-refractivity contribution in [2.45, 2.75) is 45.3 Å². The lowest BCUT2D eigenvalue weighted by Crippen LogP contribution is -2.46. The Balaban J connectivity index is 1.78. The molecule has 5 nitrogen and oxygen atoms in total. The van der Waals surface area contributed by atoms with Gasteiger partial charge in [0.25, 0.3) is 5.91 Å². The summed E-state index contributed by atoms with van der Waals surface area (Å²) in [4.78, 5) is 25.2. The third-order valence-electron chi connectivity index (χ3n) is 4.45. The predicted octanol–water partition coefficient (Wildman–Crippen LogP) is 1.68. The highest BCUT2D eigenvalue weighted by molar-refractivity contribution is 5.88. The molecular weight excluding hydrogens is 270 g/mol. The molecule has 5 heteroatoms. The van der Waals surface area contributed by atoms with Crippen LogP contribution in [0.25, 0.3) is 0 Å². The lowest BCUT2D eigenvalue weighted by Gasteiger charge is -2.24. The molecule has 3 rings (SSSR count). The maximum Gasteiger partial charge on any atom is 0.326 e. The lowest BCUT2D eigenvalue weighted by molar-refractivity contribution is -0.150. The zero-order valence-electron chi connectivity index (χ0n) is 12.3. The standard InChI is InChI=1S/C16H19NO4/c1-9-6-11-8-14(21-13(11)7-10(9)2)15(18)17-5-3-4-12(17)16(19)20/h6-7,12,14H,3-5,8H2,1-2H3,(H,19,20)/t12-,14-/m1/s1. The van der Waals surface area contributed by atoms with E-state index in [-0.39, 0.29) is 5.91 Å². The normalized spacial score (nSPS) is 23.8. The number of hydrogen-bond donors (Lipinski definition) is 1. The Bertz CT molecular complexity index is 580. The Morgan fingerprint density at radius 2 is 2.00 bits per heavy atom. The Labute approximate surface area is 123 Å². The van der Waals surface area contributed by atoms with Gasteiger partial charge in [-0.1, -0.05) is 6.07 Å². The maximum absolute atomic E-state index is 12.5. The molecule has 2 atom stereocenters. The third kappa shape index (κ3) is 2.37. The molecular formula is C16H19NO4. The van der Waals surface area contributed by atoms with Crippen molar-refractivity contribution < 1.29 is 19.4 Å². The van der Waals surface area contributed by atoms with Crippen LogP contribution in [0, 0.1) is 13.8 Å². The largest absolute Gasteiger partial charge is 0.480 e. The molecule has 1 saturated heterocycles. The predicted molar refractivity (Wildman–Crippen MR) is 76.4 cm³/mol. The molecule has 1 aromatic carbocycles. The quantitative estimate of drug-likeness (QED) is 0.899. The Morgan fingerprint density at radius 3 is 2.71 bits per heavy atom. The average Bonchev–Trinajstić information content (AvgIpc) is 3.04. The number of benzene rings is 1. The van der Waals surface area contributed by atoms with E-state index in [1.54, 1.807) is 0 Å². The maximum atomic E-state index is 12.5. The molecule has 1 N–H and O–H groups in total. The molecule has 0 aliphatic carbocycles. The van der Waals surface area contributed by atoms with E-state index < -0.39 is 18.1 Å². The van der Waals surface area contributed by atoms with Crippen molar-refractivity contribution >= 4 is 11.9 Å². The summed E-state index contributed by atoms with van der Waals surface area (Å²) in [5, 5.41) is 9.19. The monoisotopic (exact) mass is 289 g/mol. The van der Waals surface area contributed by atoms with E-state index >= 15 is 0 Å². The number of nitrogens with zero attached hydrogens (tertiary/aromatic N) is 1. The summed E-state index contributed by atoms with van der Waals surface area (Å²) in [6, 6.07) is 3.31. The molecule has 1 fully saturated rings. The number of aryl methyl sites for hydroxylation is 2. The second-order valence-electron chi connectivity index (χ2n) is 5.88. The first kappa shape index (κ1) is 13.9. The Morgan fingerprint density at radius 1 is 1.29 bits per heavy atom. The van der Waals surface area contributed by atoms with Gasteiger partial charge in [-0.15, -0.1) is 0 Å². The van der Waals surface area contributed by atoms with Crippen LogP contribution < -0.4 is 4.74 Å². The van der Waals surface area contributed by atoms with E-state index in [4.69, 9.17) is 4.74 Å². The molecule has 1 aromatic rings. The molecule has 2 aliphatic heterocycles. The topological polar surface area (TPSA) is 66.8 Å². The van der Waals surface area contributed by atoms with Gasteiger partial charge in [0.1, 0.15) is 11.8 Å². The van der Waals surface area contributed by atoms with Crippen LogP contribution >= 0.6 is 0 Å². The van der Waals surface area contributed by atoms with Crippen LogP contribution in [0.5, 0.6) is 5.75 Å². The van der Waals surface area contributed by atoms with Gasteiger partial charge >= 0.3 is 5.97 Å². The van der Waals surface area contributed by atoms with Crippen molar-refractivity contribution in [2.75, 3.05) is 6.54 Å². The molecule has 0 radical (unpaired) electrons. The molecule has 0 unspecified atom stereocenters. The molecule has 21 heavy (non-hydrogen) atoms. The molecule has 2 heterocycles. The van der Waals surface area contributed by atoms with Gasteiger partial charge in [0.2, 0.25) is 0 Å². The van der Waals surface area contributed by atoms with Gasteiger partial charge < -0.3 is 14.7 Å². The zero-order valence-corrected chi connectivity index (χ0v) is 12.3. The van der Waals surface area contributed by atoms with Crippen LogP contribution in [-0.4, -0.2) is 40.6 Å². The van der Waals surface area contributed by atoms with Crippen LogP contribution in [0.1, 0.15) is 29.5 Å². The Kier molecular flexibility index (Phi) is 3.35. The number of carbonyl (C=O) groups excluding carboxylic acids is 1. The SMILES string of the molecule is Cc1cc2c(cc1C)O[C@@H](C(=O)N1CCC[C@@H]1C(=O)O)C2. The number of carboxylic acid groups (broad SMARTS) is 1. The van der Waals surface area contributed by atoms with E-state index in [0.29, 0.717) is 19.4 Å². The smallest absolute Gasteiger partial charge is 0.326 e. The Hall–Kier alpha value is -2.04. The van der Waals surface area contributed by atoms with E-state index in [2.05, 4.69) is 6.07 Å². The van der Waals surface area contributed by atoms with Crippen molar-refractivity contribution in [3.63, 3.8) is 0 Å². The molecule has 1 amide bonds. The van der Waals surface area contributed by atoms with E-state index in [9.17, 15) is 14.7 Å². The van der Waals surface area contributed by atoms with Crippen LogP contribution in [-0.2, 0) is 16.0 Å². The summed E-state index contributed by atoms with van der Waals surface area (Å²) >= 11 is 0. The number of likely N-dealkylation sites (tertiary alicyclic amines) is 1. The lowest BCUT2D eigenvalue weighted by atomic mass is 10.0. The van der Waals surface area contributed by atoms with E-state index in [1.165, 1.54) is 10.5 Å². The van der Waals surface area contributed by atoms with Crippen molar-refractivity contribution in [2.24, 2.45) is 0 Å². The average molecular weight is 289 g/mol. The molecule has 2 aliphatic rings. The highest BCUT2D eigenvalue weighted by atomic mass is 16.5. The van der Waals surface area contributed by atoms with Crippen LogP contribution in [0.2, 0.25) is 0 Å². The van der Waals surface area contributed by atoms with Crippen molar-refractivity contribution in [1.29, 1.82) is 0 Å². The minimum atomic E-state index is -0.928. The number of amides is 1. The number of fused-ring (bicyclic) bond motifs is 1. The second-order valence-corrected chi connectivity index (χ2v) is 5.88. The van der Waals surface area contributed by atoms with Gasteiger partial charge in [-0.25, -0.2) is 4.79 Å². The van der Waals surface area contributed by atoms with Crippen LogP contribution in [0.4, 0.5) is 0 Å². The van der Waals surface area contributed by atoms with Gasteiger partial charge in [-0.3, -0.25) is 4.79 Å². The first-order valence-electron chi connectivity index (χ1n) is 7.27. The fourth-order valence-electron chi connectivity index (χ4n) is 3.12. The molecule has 0 bridgehead atoms. The minimum Gasteiger partial charge on any atom is -0.480 e. The van der Waals surface area contributed by atoms with Crippen molar-refractivity contribution in [3.8, 4) is 5.75 Å². The summed E-state index contributed by atoms with van der Waals surface area (Å²) in [5.41, 5.74) is 3.34. The molecule has 0 spiro atoms. The van der Waals surface area contributed by atoms with Gasteiger partial charge in [-0.05, 0) is 49.4 Å². The summed E-state index contributed by atoms with van der Waals surface area (Å²) in [7, 11) is 0. The second kappa shape index (κ2) is 5.06. The van der Waals surface area contributed by atoms with E-state index in [0.717, 1.165) is 23.3 Å². The van der Waals surface area contributed by atoms with Gasteiger partial charge in [-0.2, -0.15) is 0 Å². The van der Waals surface area contributed by atoms with Crippen LogP contribution in [0.3, 0.4) is 0 Å². The first-order valence-corrected chi connectivity index (χ1v) is 7.27. The number of ether oxygens (including phenoxy) is 1. The minimum absolute atomic E-state index is 0.202. The van der Waals surface area contributed by atoms with E-state index in [1.807, 2.05) is 19.9 Å². The molecule has 112 valence electrons. The first-order chi connectivity index (χ1) is 9.97. The third-order valence-corrected chi connectivity index (χ3v) is 4.45. The van der Waals surface area contributed by atoms with Gasteiger partial charge in [0.15, 0.2) is 6.10 Å². The van der Waals surface area contributed by atoms with Crippen molar-refractivity contribution in [3.05, 3.63) is 28.8 Å². The summed E-state index contributed by atoms with van der Waals surface area (Å²) < 4.78 is 5.76. The summed E-state index contributed by atoms with van der Waals surface area (Å²) in [6.45, 7) is 4.55. The number of hydrogen-bond acceptors (Lipinski definition) is 3. The number of carboxylic acids is 1. The fourth-order valence-corrected chi connectivity index (χ4v) is 3.12. The fraction of sp³-hybridized carbons (Fsp3) is 0.500. The highest BCUT2D eigenvalue weighted by Gasteiger charge is 2.40. The molecule has 0 aromatic heterocycles.